The van der Waals surface area contributed by atoms with Crippen molar-refractivity contribution in [3.8, 4) is 12.1 Å². The summed E-state index contributed by atoms with van der Waals surface area (Å²) in [6.07, 6.45) is 0.631. The molecule has 0 aromatic carbocycles. The van der Waals surface area contributed by atoms with Gasteiger partial charge < -0.3 is 19.6 Å². The van der Waals surface area contributed by atoms with E-state index in [2.05, 4.69) is 12.1 Å². The number of carbonyl (C=O) groups is 4. The van der Waals surface area contributed by atoms with Gasteiger partial charge in [-0.1, -0.05) is 31.0 Å². The molecule has 6 saturated heterocycles. The van der Waals surface area contributed by atoms with E-state index in [9.17, 15) is 29.7 Å². The molecule has 10 atom stereocenters. The van der Waals surface area contributed by atoms with Gasteiger partial charge in [0.05, 0.1) is 35.1 Å². The summed E-state index contributed by atoms with van der Waals surface area (Å²) >= 11 is 14.5. The molecule has 4 amide bonds. The second-order valence-corrected chi connectivity index (χ2v) is 21.4. The Hall–Kier alpha value is -2.60. The third-order valence-electron chi connectivity index (χ3n) is 11.0. The maximum absolute atomic E-state index is 13.2. The van der Waals surface area contributed by atoms with Gasteiger partial charge in [-0.05, 0) is 73.0 Å². The third-order valence-corrected chi connectivity index (χ3v) is 21.0. The Balaban J connectivity index is 0.000000147. The second kappa shape index (κ2) is 9.51. The molecule has 8 rings (SSSR count). The number of rotatable bonds is 2. The molecule has 0 aliphatic carbocycles. The maximum Gasteiger partial charge on any atom is 0.261 e. The fraction of sp³-hybridized carbons (Fsp3) is 0.533. The van der Waals surface area contributed by atoms with Crippen LogP contribution in [0.15, 0.2) is 35.0 Å². The molecular weight excluding hydrogens is 701 g/mol. The third kappa shape index (κ3) is 3.20. The van der Waals surface area contributed by atoms with Gasteiger partial charge in [0.15, 0.2) is 19.5 Å². The summed E-state index contributed by atoms with van der Waals surface area (Å²) in [7, 11) is 1.56. The van der Waals surface area contributed by atoms with Crippen molar-refractivity contribution in [3.63, 3.8) is 0 Å². The van der Waals surface area contributed by atoms with Gasteiger partial charge in [0.25, 0.3) is 23.6 Å². The fourth-order valence-corrected chi connectivity index (χ4v) is 17.4. The summed E-state index contributed by atoms with van der Waals surface area (Å²) in [5, 5.41) is 23.5. The topological polar surface area (TPSA) is 129 Å². The lowest BCUT2D eigenvalue weighted by atomic mass is 9.82. The number of nitriles is 2. The quantitative estimate of drug-likeness (QED) is 0.462. The van der Waals surface area contributed by atoms with Crippen molar-refractivity contribution in [2.45, 2.75) is 72.1 Å². The Morgan fingerprint density at radius 2 is 1.07 bits per heavy atom. The molecule has 6 aliphatic heterocycles. The summed E-state index contributed by atoms with van der Waals surface area (Å²) < 4.78 is 0. The number of thiophene rings is 2. The zero-order chi connectivity index (χ0) is 33.6. The number of carbonyl (C=O) groups excluding carboxylic acids is 4. The van der Waals surface area contributed by atoms with E-state index in [1.165, 1.54) is 32.5 Å². The van der Waals surface area contributed by atoms with Gasteiger partial charge in [0.2, 0.25) is 0 Å². The summed E-state index contributed by atoms with van der Waals surface area (Å²) in [4.78, 5) is 56.7. The number of fused-ring (bicyclic) bond motifs is 2. The first kappa shape index (κ1) is 32.0. The molecule has 0 N–H and O–H groups in total. The summed E-state index contributed by atoms with van der Waals surface area (Å²) in [5.41, 5.74) is -1.63. The van der Waals surface area contributed by atoms with E-state index in [4.69, 9.17) is 22.4 Å². The number of nitrogens with zero attached hydrogens (tertiary/aromatic N) is 6. The Labute approximate surface area is 289 Å². The first-order valence-corrected chi connectivity index (χ1v) is 20.5. The largest absolute Gasteiger partial charge is 0.320 e. The molecule has 0 radical (unpaired) electrons. The van der Waals surface area contributed by atoms with E-state index in [0.29, 0.717) is 12.8 Å². The highest BCUT2D eigenvalue weighted by Gasteiger charge is 2.82. The molecule has 0 saturated carbocycles. The number of hydrogen-bond donors (Lipinski definition) is 0. The number of piperazine rings is 2. The van der Waals surface area contributed by atoms with Crippen LogP contribution >= 0.6 is 22.7 Å². The zero-order valence-electron chi connectivity index (χ0n) is 25.8. The lowest BCUT2D eigenvalue weighted by Crippen LogP contribution is -2.60. The van der Waals surface area contributed by atoms with Crippen LogP contribution in [-0.4, -0.2) is 76.8 Å². The van der Waals surface area contributed by atoms with Crippen LogP contribution in [0.4, 0.5) is 0 Å². The minimum atomic E-state index is -1.03. The number of likely N-dealkylation sites (N-methyl/N-ethyl adjacent to an activating group) is 2. The Bertz CT molecular complexity index is 1770. The highest BCUT2D eigenvalue weighted by Crippen LogP contribution is 2.66. The average Bonchev–Trinajstić information content (AvgIpc) is 3.90. The Kier molecular flexibility index (Phi) is 6.61. The molecule has 10 nitrogen and oxygen atoms in total. The van der Waals surface area contributed by atoms with E-state index >= 15 is 0 Å². The molecule has 16 heteroatoms. The molecule has 6 aliphatic rings. The van der Waals surface area contributed by atoms with Gasteiger partial charge >= 0.3 is 0 Å². The standard InChI is InChI=1S/2C15H15N3O2S3/c2*1-13(8-16)7-15-12(20)17(3)14(2,23(15)21)11(19)18(15)10(13)9-5-4-6-22-9/h2*4-6,10H,7H2,1-3H3/t2*10-,13+,14-,15-,23?/m10/s1. The van der Waals surface area contributed by atoms with E-state index in [-0.39, 0.29) is 23.6 Å². The monoisotopic (exact) mass is 730 g/mol. The predicted octanol–water partition coefficient (Wildman–Crippen LogP) is 3.06. The number of amides is 4. The molecule has 8 heterocycles. The minimum absolute atomic E-state index is 0.113. The van der Waals surface area contributed by atoms with E-state index in [1.54, 1.807) is 37.7 Å². The van der Waals surface area contributed by atoms with Crippen molar-refractivity contribution in [1.82, 2.24) is 19.6 Å². The van der Waals surface area contributed by atoms with Crippen LogP contribution in [0.3, 0.4) is 0 Å². The Morgan fingerprint density at radius 1 is 0.717 bits per heavy atom. The molecule has 2 aromatic heterocycles. The van der Waals surface area contributed by atoms with Crippen molar-refractivity contribution in [1.29, 1.82) is 10.5 Å². The van der Waals surface area contributed by atoms with Gasteiger partial charge in [-0.3, -0.25) is 19.2 Å². The highest BCUT2D eigenvalue weighted by molar-refractivity contribution is 8.32. The van der Waals surface area contributed by atoms with Crippen molar-refractivity contribution < 1.29 is 19.2 Å². The van der Waals surface area contributed by atoms with Crippen LogP contribution in [0.1, 0.15) is 62.4 Å². The molecule has 46 heavy (non-hydrogen) atoms. The normalized spacial score (nSPS) is 44.8. The fourth-order valence-electron chi connectivity index (χ4n) is 8.42. The molecule has 240 valence electrons. The summed E-state index contributed by atoms with van der Waals surface area (Å²) in [6, 6.07) is 11.6. The summed E-state index contributed by atoms with van der Waals surface area (Å²) in [5.74, 6) is -0.456. The lowest BCUT2D eigenvalue weighted by Gasteiger charge is -2.39. The van der Waals surface area contributed by atoms with Crippen LogP contribution in [0.5, 0.6) is 0 Å². The van der Waals surface area contributed by atoms with Gasteiger partial charge in [0.1, 0.15) is 0 Å². The smallest absolute Gasteiger partial charge is 0.261 e. The van der Waals surface area contributed by atoms with Crippen LogP contribution in [0, 0.1) is 33.5 Å². The van der Waals surface area contributed by atoms with Crippen molar-refractivity contribution in [2.24, 2.45) is 10.8 Å². The zero-order valence-corrected chi connectivity index (χ0v) is 30.7. The van der Waals surface area contributed by atoms with Crippen LogP contribution < -0.4 is 0 Å². The molecule has 2 spiro atoms. The summed E-state index contributed by atoms with van der Waals surface area (Å²) in [6.45, 7) is 7.22. The van der Waals surface area contributed by atoms with E-state index < -0.39 is 61.3 Å². The van der Waals surface area contributed by atoms with Crippen LogP contribution in [-0.2, 0) is 60.5 Å². The van der Waals surface area contributed by atoms with E-state index in [1.807, 2.05) is 48.9 Å². The van der Waals surface area contributed by atoms with Gasteiger partial charge in [-0.2, -0.15) is 10.5 Å². The first-order chi connectivity index (χ1) is 21.5. The van der Waals surface area contributed by atoms with E-state index in [0.717, 1.165) is 9.75 Å². The first-order valence-electron chi connectivity index (χ1n) is 14.5. The SMILES string of the molecule is CN1C(=O)[C@@]23C[C@](C)(C#N)[C@H](c4cccs4)N2C(=O)[C@]1(C)S3=S.CN1C(=O)[C@]23C[C@@](C)(C#N)[C@@H](c4cccs4)N2C(=O)[C@@]1(C)S3=S. The van der Waals surface area contributed by atoms with Gasteiger partial charge in [0, 0.05) is 36.7 Å². The van der Waals surface area contributed by atoms with Gasteiger partial charge in [-0.15, -0.1) is 22.7 Å². The Morgan fingerprint density at radius 3 is 1.35 bits per heavy atom. The average molecular weight is 731 g/mol. The molecule has 6 fully saturated rings. The predicted molar refractivity (Wildman–Crippen MR) is 182 cm³/mol. The highest BCUT2D eigenvalue weighted by atomic mass is 32.8. The minimum Gasteiger partial charge on any atom is -0.320 e. The van der Waals surface area contributed by atoms with Crippen LogP contribution in [0.2, 0.25) is 0 Å². The van der Waals surface area contributed by atoms with Crippen molar-refractivity contribution in [2.75, 3.05) is 14.1 Å². The lowest BCUT2D eigenvalue weighted by molar-refractivity contribution is -0.159. The molecular formula is C30H30N6O4S6. The molecule has 4 bridgehead atoms. The second-order valence-electron chi connectivity index (χ2n) is 13.4. The molecule has 2 unspecified atom stereocenters. The van der Waals surface area contributed by atoms with Gasteiger partial charge in [-0.25, -0.2) is 0 Å². The maximum atomic E-state index is 13.2. The van der Waals surface area contributed by atoms with Crippen molar-refractivity contribution in [3.05, 3.63) is 44.8 Å². The number of hydrogen-bond acceptors (Lipinski definition) is 10. The van der Waals surface area contributed by atoms with Crippen LogP contribution in [0.25, 0.3) is 0 Å². The molecule has 2 aromatic rings. The van der Waals surface area contributed by atoms with Crippen molar-refractivity contribution >= 4 is 87.6 Å².